The highest BCUT2D eigenvalue weighted by Crippen LogP contribution is 2.16. The number of carbonyl (C=O) groups excluding carboxylic acids is 1. The average Bonchev–Trinajstić information content (AvgIpc) is 2.32. The van der Waals surface area contributed by atoms with E-state index in [0.717, 1.165) is 17.7 Å². The Morgan fingerprint density at radius 2 is 2.11 bits per heavy atom. The molecular formula is C13H21ClN2O2. The van der Waals surface area contributed by atoms with Gasteiger partial charge in [0.25, 0.3) is 0 Å². The zero-order valence-corrected chi connectivity index (χ0v) is 11.6. The molecule has 0 bridgehead atoms. The van der Waals surface area contributed by atoms with Gasteiger partial charge in [-0.25, -0.2) is 0 Å². The highest BCUT2D eigenvalue weighted by molar-refractivity contribution is 5.95. The van der Waals surface area contributed by atoms with Crippen LogP contribution in [0.4, 0.5) is 5.69 Å². The maximum absolute atomic E-state index is 11.8. The third-order valence-corrected chi connectivity index (χ3v) is 2.51. The lowest BCUT2D eigenvalue weighted by atomic mass is 10.1. The Labute approximate surface area is 114 Å². The molecule has 1 amide bonds. The van der Waals surface area contributed by atoms with Crippen LogP contribution < -0.4 is 11.1 Å². The van der Waals surface area contributed by atoms with Crippen molar-refractivity contribution in [3.8, 4) is 0 Å². The summed E-state index contributed by atoms with van der Waals surface area (Å²) in [7, 11) is 1.63. The molecule has 5 heteroatoms. The molecule has 0 heterocycles. The SMILES string of the molecule is CCCC(N)C(=O)Nc1ccccc1COC.Cl. The molecule has 0 saturated heterocycles. The smallest absolute Gasteiger partial charge is 0.241 e. The number of ether oxygens (including phenoxy) is 1. The second-order valence-corrected chi connectivity index (χ2v) is 3.97. The normalized spacial score (nSPS) is 11.5. The van der Waals surface area contributed by atoms with E-state index in [1.165, 1.54) is 0 Å². The van der Waals surface area contributed by atoms with Crippen LogP contribution in [0.25, 0.3) is 0 Å². The number of nitrogens with two attached hydrogens (primary N) is 1. The number of methoxy groups -OCH3 is 1. The molecule has 1 rings (SSSR count). The fraction of sp³-hybridized carbons (Fsp3) is 0.462. The molecule has 0 fully saturated rings. The summed E-state index contributed by atoms with van der Waals surface area (Å²) in [6, 6.07) is 7.11. The van der Waals surface area contributed by atoms with Gasteiger partial charge in [0.2, 0.25) is 5.91 Å². The maximum atomic E-state index is 11.8. The van der Waals surface area contributed by atoms with Gasteiger partial charge in [-0.05, 0) is 12.5 Å². The quantitative estimate of drug-likeness (QED) is 0.835. The Balaban J connectivity index is 0.00000289. The lowest BCUT2D eigenvalue weighted by Crippen LogP contribution is -2.35. The van der Waals surface area contributed by atoms with E-state index in [-0.39, 0.29) is 18.3 Å². The van der Waals surface area contributed by atoms with E-state index >= 15 is 0 Å². The van der Waals surface area contributed by atoms with Gasteiger partial charge in [0.05, 0.1) is 12.6 Å². The summed E-state index contributed by atoms with van der Waals surface area (Å²) < 4.78 is 5.08. The Morgan fingerprint density at radius 3 is 2.72 bits per heavy atom. The Bertz CT molecular complexity index is 372. The second-order valence-electron chi connectivity index (χ2n) is 3.97. The van der Waals surface area contributed by atoms with Crippen molar-refractivity contribution in [2.24, 2.45) is 5.73 Å². The molecule has 3 N–H and O–H groups in total. The molecule has 18 heavy (non-hydrogen) atoms. The van der Waals surface area contributed by atoms with Gasteiger partial charge in [-0.3, -0.25) is 4.79 Å². The highest BCUT2D eigenvalue weighted by atomic mass is 35.5. The molecule has 1 aromatic carbocycles. The summed E-state index contributed by atoms with van der Waals surface area (Å²) in [5.74, 6) is -0.143. The van der Waals surface area contributed by atoms with Crippen molar-refractivity contribution in [1.29, 1.82) is 0 Å². The topological polar surface area (TPSA) is 64.4 Å². The summed E-state index contributed by atoms with van der Waals surface area (Å²) >= 11 is 0. The van der Waals surface area contributed by atoms with E-state index in [2.05, 4.69) is 5.32 Å². The first-order valence-electron chi connectivity index (χ1n) is 5.82. The number of amides is 1. The lowest BCUT2D eigenvalue weighted by Gasteiger charge is -2.14. The number of hydrogen-bond acceptors (Lipinski definition) is 3. The monoisotopic (exact) mass is 272 g/mol. The number of anilines is 1. The number of carbonyl (C=O) groups is 1. The van der Waals surface area contributed by atoms with Crippen LogP contribution in [-0.2, 0) is 16.1 Å². The Morgan fingerprint density at radius 1 is 1.44 bits per heavy atom. The Kier molecular flexibility index (Phi) is 8.37. The number of hydrogen-bond donors (Lipinski definition) is 2. The summed E-state index contributed by atoms with van der Waals surface area (Å²) in [6.45, 7) is 2.48. The van der Waals surface area contributed by atoms with Crippen LogP contribution in [0.5, 0.6) is 0 Å². The van der Waals surface area contributed by atoms with E-state index in [9.17, 15) is 4.79 Å². The summed E-state index contributed by atoms with van der Waals surface area (Å²) in [5, 5.41) is 2.84. The minimum absolute atomic E-state index is 0. The maximum Gasteiger partial charge on any atom is 0.241 e. The van der Waals surface area contributed by atoms with Crippen molar-refractivity contribution in [2.75, 3.05) is 12.4 Å². The van der Waals surface area contributed by atoms with Crippen LogP contribution in [0.15, 0.2) is 24.3 Å². The van der Waals surface area contributed by atoms with Gasteiger partial charge in [0, 0.05) is 18.4 Å². The third-order valence-electron chi connectivity index (χ3n) is 2.51. The van der Waals surface area contributed by atoms with Gasteiger partial charge in [-0.2, -0.15) is 0 Å². The molecule has 1 atom stereocenters. The van der Waals surface area contributed by atoms with Crippen LogP contribution in [0.1, 0.15) is 25.3 Å². The van der Waals surface area contributed by atoms with Crippen LogP contribution >= 0.6 is 12.4 Å². The molecule has 0 radical (unpaired) electrons. The summed E-state index contributed by atoms with van der Waals surface area (Å²) in [5.41, 5.74) is 7.48. The number of rotatable bonds is 6. The van der Waals surface area contributed by atoms with Crippen LogP contribution in [0, 0.1) is 0 Å². The largest absolute Gasteiger partial charge is 0.380 e. The van der Waals surface area contributed by atoms with Crippen LogP contribution in [0.2, 0.25) is 0 Å². The van der Waals surface area contributed by atoms with Gasteiger partial charge in [0.15, 0.2) is 0 Å². The third kappa shape index (κ3) is 5.04. The van der Waals surface area contributed by atoms with E-state index in [1.807, 2.05) is 31.2 Å². The molecular weight excluding hydrogens is 252 g/mol. The molecule has 0 saturated carbocycles. The van der Waals surface area contributed by atoms with E-state index in [4.69, 9.17) is 10.5 Å². The van der Waals surface area contributed by atoms with Crippen molar-refractivity contribution in [2.45, 2.75) is 32.4 Å². The predicted octanol–water partition coefficient (Wildman–Crippen LogP) is 2.32. The molecule has 0 spiro atoms. The van der Waals surface area contributed by atoms with E-state index < -0.39 is 6.04 Å². The van der Waals surface area contributed by atoms with E-state index in [0.29, 0.717) is 13.0 Å². The van der Waals surface area contributed by atoms with Gasteiger partial charge in [-0.15, -0.1) is 12.4 Å². The van der Waals surface area contributed by atoms with Gasteiger partial charge < -0.3 is 15.8 Å². The van der Waals surface area contributed by atoms with Crippen LogP contribution in [-0.4, -0.2) is 19.1 Å². The van der Waals surface area contributed by atoms with Crippen molar-refractivity contribution >= 4 is 24.0 Å². The second kappa shape index (κ2) is 8.91. The van der Waals surface area contributed by atoms with Crippen molar-refractivity contribution in [3.05, 3.63) is 29.8 Å². The van der Waals surface area contributed by atoms with Gasteiger partial charge in [0.1, 0.15) is 0 Å². The number of benzene rings is 1. The first kappa shape index (κ1) is 16.9. The highest BCUT2D eigenvalue weighted by Gasteiger charge is 2.13. The zero-order valence-electron chi connectivity index (χ0n) is 10.8. The molecule has 4 nitrogen and oxygen atoms in total. The standard InChI is InChI=1S/C13H20N2O2.ClH/c1-3-6-11(14)13(16)15-12-8-5-4-7-10(12)9-17-2;/h4-5,7-8,11H,3,6,9,14H2,1-2H3,(H,15,16);1H. The van der Waals surface area contributed by atoms with Crippen molar-refractivity contribution < 1.29 is 9.53 Å². The lowest BCUT2D eigenvalue weighted by molar-refractivity contribution is -0.117. The minimum atomic E-state index is -0.449. The molecule has 0 aliphatic heterocycles. The molecule has 102 valence electrons. The zero-order chi connectivity index (χ0) is 12.7. The minimum Gasteiger partial charge on any atom is -0.380 e. The number of para-hydroxylation sites is 1. The molecule has 0 aliphatic carbocycles. The number of halogens is 1. The first-order chi connectivity index (χ1) is 8.19. The van der Waals surface area contributed by atoms with Gasteiger partial charge >= 0.3 is 0 Å². The van der Waals surface area contributed by atoms with Gasteiger partial charge in [-0.1, -0.05) is 31.5 Å². The molecule has 0 aromatic heterocycles. The fourth-order valence-corrected chi connectivity index (χ4v) is 1.59. The van der Waals surface area contributed by atoms with E-state index in [1.54, 1.807) is 7.11 Å². The predicted molar refractivity (Wildman–Crippen MR) is 75.9 cm³/mol. The first-order valence-corrected chi connectivity index (χ1v) is 5.82. The molecule has 1 unspecified atom stereocenters. The molecule has 0 aliphatic rings. The molecule has 1 aromatic rings. The van der Waals surface area contributed by atoms with Crippen molar-refractivity contribution in [1.82, 2.24) is 0 Å². The van der Waals surface area contributed by atoms with Crippen molar-refractivity contribution in [3.63, 3.8) is 0 Å². The summed E-state index contributed by atoms with van der Waals surface area (Å²) in [4.78, 5) is 11.8. The van der Waals surface area contributed by atoms with Crippen LogP contribution in [0.3, 0.4) is 0 Å². The Hall–Kier alpha value is -1.10. The fourth-order valence-electron chi connectivity index (χ4n) is 1.59. The average molecular weight is 273 g/mol. The summed E-state index contributed by atoms with van der Waals surface area (Å²) in [6.07, 6.45) is 1.59. The number of nitrogens with one attached hydrogen (secondary N) is 1.